The van der Waals surface area contributed by atoms with Gasteiger partial charge in [0.25, 0.3) is 0 Å². The van der Waals surface area contributed by atoms with E-state index in [9.17, 15) is 4.79 Å². The van der Waals surface area contributed by atoms with Gasteiger partial charge < -0.3 is 15.1 Å². The van der Waals surface area contributed by atoms with Crippen LogP contribution < -0.4 is 10.6 Å². The molecule has 0 aliphatic heterocycles. The van der Waals surface area contributed by atoms with E-state index in [1.54, 1.807) is 36.4 Å². The lowest BCUT2D eigenvalue weighted by molar-refractivity contribution is -0.126. The quantitative estimate of drug-likeness (QED) is 0.522. The summed E-state index contributed by atoms with van der Waals surface area (Å²) in [6, 6.07) is 10.4. The van der Waals surface area contributed by atoms with Gasteiger partial charge in [-0.1, -0.05) is 44.0 Å². The number of halogens is 2. The van der Waals surface area contributed by atoms with Crippen LogP contribution in [-0.2, 0) is 4.79 Å². The number of thiocarbonyl (C=S) groups is 1. The molecule has 0 spiro atoms. The molecule has 3 rings (SSSR count). The van der Waals surface area contributed by atoms with E-state index in [1.807, 2.05) is 20.8 Å². The summed E-state index contributed by atoms with van der Waals surface area (Å²) in [5, 5.41) is 6.89. The first-order valence-corrected chi connectivity index (χ1v) is 9.28. The van der Waals surface area contributed by atoms with Crippen molar-refractivity contribution in [2.45, 2.75) is 20.8 Å². The number of anilines is 1. The number of rotatable bonds is 2. The summed E-state index contributed by atoms with van der Waals surface area (Å²) in [4.78, 5) is 16.5. The molecular formula is C19H17Cl2N3O2S. The average molecular weight is 422 g/mol. The third-order valence-electron chi connectivity index (χ3n) is 3.71. The second-order valence-electron chi connectivity index (χ2n) is 6.98. The van der Waals surface area contributed by atoms with Crippen LogP contribution in [0.4, 0.5) is 5.69 Å². The Hall–Kier alpha value is -2.15. The number of fused-ring (bicyclic) bond motifs is 1. The van der Waals surface area contributed by atoms with Crippen molar-refractivity contribution in [1.82, 2.24) is 10.3 Å². The van der Waals surface area contributed by atoms with Gasteiger partial charge >= 0.3 is 0 Å². The number of carbonyl (C=O) groups excluding carboxylic acids is 1. The largest absolute Gasteiger partial charge is 0.436 e. The molecule has 3 aromatic rings. The number of benzene rings is 2. The van der Waals surface area contributed by atoms with Crippen LogP contribution in [0.25, 0.3) is 22.6 Å². The highest BCUT2D eigenvalue weighted by Crippen LogP contribution is 2.33. The van der Waals surface area contributed by atoms with E-state index in [0.717, 1.165) is 0 Å². The standard InChI is InChI=1S/C19H17Cl2N3O2S/c1-19(2,3)17(25)24-18(27)22-11-5-6-13(21)12(9-11)16-23-14-8-10(20)4-7-15(14)26-16/h4-9H,1-3H3,(H2,22,24,25,27). The number of carbonyl (C=O) groups is 1. The van der Waals surface area contributed by atoms with Gasteiger partial charge in [-0.15, -0.1) is 0 Å². The molecule has 0 aliphatic rings. The van der Waals surface area contributed by atoms with E-state index in [-0.39, 0.29) is 11.0 Å². The highest BCUT2D eigenvalue weighted by Gasteiger charge is 2.22. The number of amides is 1. The maximum atomic E-state index is 12.0. The molecule has 1 amide bonds. The highest BCUT2D eigenvalue weighted by atomic mass is 35.5. The Kier molecular flexibility index (Phi) is 5.42. The summed E-state index contributed by atoms with van der Waals surface area (Å²) in [6.07, 6.45) is 0. The van der Waals surface area contributed by atoms with Gasteiger partial charge in [0, 0.05) is 16.1 Å². The van der Waals surface area contributed by atoms with Crippen LogP contribution in [0.5, 0.6) is 0 Å². The molecule has 0 aliphatic carbocycles. The molecule has 0 bridgehead atoms. The van der Waals surface area contributed by atoms with Crippen LogP contribution in [0, 0.1) is 5.41 Å². The summed E-state index contributed by atoms with van der Waals surface area (Å²) in [6.45, 7) is 5.43. The van der Waals surface area contributed by atoms with Crippen molar-refractivity contribution in [1.29, 1.82) is 0 Å². The van der Waals surface area contributed by atoms with Gasteiger partial charge in [0.2, 0.25) is 11.8 Å². The van der Waals surface area contributed by atoms with Crippen LogP contribution in [0.3, 0.4) is 0 Å². The van der Waals surface area contributed by atoms with Crippen molar-refractivity contribution in [2.75, 3.05) is 5.32 Å². The zero-order chi connectivity index (χ0) is 19.8. The van der Waals surface area contributed by atoms with E-state index < -0.39 is 5.41 Å². The molecule has 27 heavy (non-hydrogen) atoms. The summed E-state index contributed by atoms with van der Waals surface area (Å²) < 4.78 is 5.77. The molecule has 2 N–H and O–H groups in total. The normalized spacial score (nSPS) is 11.4. The third kappa shape index (κ3) is 4.58. The summed E-state index contributed by atoms with van der Waals surface area (Å²) in [5.41, 5.74) is 1.95. The summed E-state index contributed by atoms with van der Waals surface area (Å²) in [7, 11) is 0. The first kappa shape index (κ1) is 19.6. The molecule has 0 unspecified atom stereocenters. The second-order valence-corrected chi connectivity index (χ2v) is 8.24. The predicted molar refractivity (Wildman–Crippen MR) is 113 cm³/mol. The Morgan fingerprint density at radius 3 is 2.59 bits per heavy atom. The topological polar surface area (TPSA) is 67.2 Å². The monoisotopic (exact) mass is 421 g/mol. The van der Waals surface area contributed by atoms with E-state index in [0.29, 0.717) is 38.3 Å². The van der Waals surface area contributed by atoms with Crippen LogP contribution in [-0.4, -0.2) is 16.0 Å². The van der Waals surface area contributed by atoms with Crippen molar-refractivity contribution < 1.29 is 9.21 Å². The predicted octanol–water partition coefficient (Wildman–Crippen LogP) is 5.66. The van der Waals surface area contributed by atoms with Crippen LogP contribution in [0.2, 0.25) is 10.0 Å². The Morgan fingerprint density at radius 2 is 1.89 bits per heavy atom. The van der Waals surface area contributed by atoms with Crippen molar-refractivity contribution in [2.24, 2.45) is 5.41 Å². The van der Waals surface area contributed by atoms with Crippen molar-refractivity contribution in [3.63, 3.8) is 0 Å². The maximum Gasteiger partial charge on any atom is 0.231 e. The molecule has 0 fully saturated rings. The van der Waals surface area contributed by atoms with Gasteiger partial charge in [0.05, 0.1) is 10.6 Å². The Labute approximate surface area is 172 Å². The molecule has 1 aromatic heterocycles. The lowest BCUT2D eigenvalue weighted by Crippen LogP contribution is -2.41. The minimum atomic E-state index is -0.545. The fraction of sp³-hybridized carbons (Fsp3) is 0.211. The molecule has 1 heterocycles. The first-order valence-electron chi connectivity index (χ1n) is 8.12. The molecular weight excluding hydrogens is 405 g/mol. The molecule has 2 aromatic carbocycles. The van der Waals surface area contributed by atoms with Gasteiger partial charge in [-0.2, -0.15) is 0 Å². The van der Waals surface area contributed by atoms with Gasteiger partial charge in [0.15, 0.2) is 10.7 Å². The average Bonchev–Trinajstić information content (AvgIpc) is 2.98. The van der Waals surface area contributed by atoms with E-state index in [2.05, 4.69) is 15.6 Å². The zero-order valence-corrected chi connectivity index (χ0v) is 17.2. The molecule has 0 saturated heterocycles. The number of oxazole rings is 1. The Morgan fingerprint density at radius 1 is 1.15 bits per heavy atom. The van der Waals surface area contributed by atoms with Gasteiger partial charge in [-0.3, -0.25) is 4.79 Å². The van der Waals surface area contributed by atoms with E-state index in [1.165, 1.54) is 0 Å². The summed E-state index contributed by atoms with van der Waals surface area (Å²) >= 11 is 17.5. The van der Waals surface area contributed by atoms with Crippen LogP contribution in [0.15, 0.2) is 40.8 Å². The van der Waals surface area contributed by atoms with Crippen molar-refractivity contribution in [3.05, 3.63) is 46.4 Å². The molecule has 140 valence electrons. The van der Waals surface area contributed by atoms with E-state index >= 15 is 0 Å². The lowest BCUT2D eigenvalue weighted by Gasteiger charge is -2.18. The van der Waals surface area contributed by atoms with Crippen molar-refractivity contribution >= 4 is 63.2 Å². The van der Waals surface area contributed by atoms with Gasteiger partial charge in [-0.25, -0.2) is 4.98 Å². The van der Waals surface area contributed by atoms with E-state index in [4.69, 9.17) is 39.8 Å². The Bertz CT molecular complexity index is 1040. The number of hydrogen-bond acceptors (Lipinski definition) is 4. The highest BCUT2D eigenvalue weighted by molar-refractivity contribution is 7.80. The fourth-order valence-corrected chi connectivity index (χ4v) is 2.81. The molecule has 0 saturated carbocycles. The Balaban J connectivity index is 1.85. The molecule has 8 heteroatoms. The second kappa shape index (κ2) is 7.46. The minimum absolute atomic E-state index is 0.176. The third-order valence-corrected chi connectivity index (χ3v) is 4.48. The number of hydrogen-bond donors (Lipinski definition) is 2. The number of nitrogens with one attached hydrogen (secondary N) is 2. The SMILES string of the molecule is CC(C)(C)C(=O)NC(=S)Nc1ccc(Cl)c(-c2nc3cc(Cl)ccc3o2)c1. The fourth-order valence-electron chi connectivity index (χ4n) is 2.24. The van der Waals surface area contributed by atoms with Gasteiger partial charge in [0.1, 0.15) is 5.52 Å². The molecule has 0 atom stereocenters. The molecule has 0 radical (unpaired) electrons. The number of aromatic nitrogens is 1. The first-order chi connectivity index (χ1) is 12.6. The zero-order valence-electron chi connectivity index (χ0n) is 14.9. The van der Waals surface area contributed by atoms with Gasteiger partial charge in [-0.05, 0) is 48.6 Å². The maximum absolute atomic E-state index is 12.0. The number of nitrogens with zero attached hydrogens (tertiary/aromatic N) is 1. The van der Waals surface area contributed by atoms with Crippen LogP contribution in [0.1, 0.15) is 20.8 Å². The minimum Gasteiger partial charge on any atom is -0.436 e. The summed E-state index contributed by atoms with van der Waals surface area (Å²) in [5.74, 6) is 0.190. The van der Waals surface area contributed by atoms with Crippen LogP contribution >= 0.6 is 35.4 Å². The molecule has 5 nitrogen and oxygen atoms in total. The lowest BCUT2D eigenvalue weighted by atomic mass is 9.96. The van der Waals surface area contributed by atoms with Crippen molar-refractivity contribution in [3.8, 4) is 11.5 Å². The smallest absolute Gasteiger partial charge is 0.231 e.